The first-order chi connectivity index (χ1) is 11.0. The van der Waals surface area contributed by atoms with Gasteiger partial charge in [-0.15, -0.1) is 0 Å². The molecule has 0 aliphatic rings. The molecule has 0 radical (unpaired) electrons. The second kappa shape index (κ2) is 5.85. The van der Waals surface area contributed by atoms with Gasteiger partial charge in [0.05, 0.1) is 10.4 Å². The lowest BCUT2D eigenvalue weighted by Crippen LogP contribution is -2.15. The van der Waals surface area contributed by atoms with Crippen molar-refractivity contribution in [2.45, 2.75) is 0 Å². The largest absolute Gasteiger partial charge is 0.349 e. The Kier molecular flexibility index (Phi) is 3.87. The first-order valence-electron chi connectivity index (χ1n) is 6.77. The van der Waals surface area contributed by atoms with Gasteiger partial charge in [0.15, 0.2) is 0 Å². The third kappa shape index (κ3) is 2.83. The van der Waals surface area contributed by atoms with Crippen LogP contribution >= 0.6 is 15.9 Å². The van der Waals surface area contributed by atoms with E-state index in [2.05, 4.69) is 21.2 Å². The third-order valence-corrected chi connectivity index (χ3v) is 4.12. The Bertz CT molecular complexity index is 965. The van der Waals surface area contributed by atoms with E-state index in [1.165, 1.54) is 16.7 Å². The zero-order chi connectivity index (χ0) is 16.6. The maximum Gasteiger partial charge on any atom is 0.293 e. The first kappa shape index (κ1) is 15.2. The molecule has 3 aromatic rings. The van der Waals surface area contributed by atoms with Crippen molar-refractivity contribution in [3.05, 3.63) is 73.5 Å². The fourth-order valence-electron chi connectivity index (χ4n) is 2.40. The van der Waals surface area contributed by atoms with Gasteiger partial charge in [-0.2, -0.15) is 0 Å². The Labute approximate surface area is 139 Å². The number of rotatable bonds is 3. The first-order valence-corrected chi connectivity index (χ1v) is 7.56. The van der Waals surface area contributed by atoms with E-state index in [4.69, 9.17) is 0 Å². The predicted octanol–water partition coefficient (Wildman–Crippen LogP) is 3.95. The molecule has 0 unspecified atom stereocenters. The van der Waals surface area contributed by atoms with Crippen molar-refractivity contribution in [1.82, 2.24) is 4.57 Å². The number of nitro groups is 1. The molecule has 2 aromatic carbocycles. The summed E-state index contributed by atoms with van der Waals surface area (Å²) in [4.78, 5) is 22.7. The molecule has 7 heteroatoms. The molecule has 0 bridgehead atoms. The molecule has 0 aliphatic carbocycles. The number of nitrogens with zero attached hydrogens (tertiary/aromatic N) is 2. The van der Waals surface area contributed by atoms with Gasteiger partial charge in [-0.05, 0) is 36.4 Å². The molecule has 0 amide bonds. The normalized spacial score (nSPS) is 10.7. The molecule has 0 aliphatic heterocycles. The summed E-state index contributed by atoms with van der Waals surface area (Å²) in [6.07, 6.45) is 0. The minimum atomic E-state index is -0.439. The van der Waals surface area contributed by atoms with Gasteiger partial charge in [0, 0.05) is 34.7 Å². The SMILES string of the molecule is Cn1c(=O)ccc2c(Nc3ccc(Br)cc3)c([N+](=O)[O-])ccc21. The van der Waals surface area contributed by atoms with Crippen molar-refractivity contribution >= 4 is 43.9 Å². The van der Waals surface area contributed by atoms with Crippen LogP contribution in [0.25, 0.3) is 10.9 Å². The lowest BCUT2D eigenvalue weighted by atomic mass is 10.1. The molecule has 1 heterocycles. The van der Waals surface area contributed by atoms with E-state index in [1.54, 1.807) is 19.2 Å². The second-order valence-electron chi connectivity index (χ2n) is 5.01. The average Bonchev–Trinajstić information content (AvgIpc) is 2.53. The lowest BCUT2D eigenvalue weighted by Gasteiger charge is -2.12. The molecule has 6 nitrogen and oxygen atoms in total. The topological polar surface area (TPSA) is 77.2 Å². The lowest BCUT2D eigenvalue weighted by molar-refractivity contribution is -0.383. The van der Waals surface area contributed by atoms with Crippen molar-refractivity contribution in [2.24, 2.45) is 7.05 Å². The quantitative estimate of drug-likeness (QED) is 0.556. The number of fused-ring (bicyclic) bond motifs is 1. The highest BCUT2D eigenvalue weighted by Gasteiger charge is 2.18. The van der Waals surface area contributed by atoms with Crippen LogP contribution in [0.3, 0.4) is 0 Å². The maximum absolute atomic E-state index is 11.8. The summed E-state index contributed by atoms with van der Waals surface area (Å²) < 4.78 is 2.38. The number of nitrogens with one attached hydrogen (secondary N) is 1. The molecule has 0 fully saturated rings. The van der Waals surface area contributed by atoms with E-state index in [0.717, 1.165) is 10.2 Å². The van der Waals surface area contributed by atoms with Crippen molar-refractivity contribution in [1.29, 1.82) is 0 Å². The van der Waals surface area contributed by atoms with Gasteiger partial charge < -0.3 is 9.88 Å². The minimum Gasteiger partial charge on any atom is -0.349 e. The number of aryl methyl sites for hydroxylation is 1. The highest BCUT2D eigenvalue weighted by Crippen LogP contribution is 2.34. The van der Waals surface area contributed by atoms with E-state index in [1.807, 2.05) is 24.3 Å². The van der Waals surface area contributed by atoms with Crippen molar-refractivity contribution in [3.63, 3.8) is 0 Å². The third-order valence-electron chi connectivity index (χ3n) is 3.60. The number of anilines is 2. The summed E-state index contributed by atoms with van der Waals surface area (Å²) >= 11 is 3.35. The maximum atomic E-state index is 11.8. The summed E-state index contributed by atoms with van der Waals surface area (Å²) in [6.45, 7) is 0. The van der Waals surface area contributed by atoms with Crippen molar-refractivity contribution in [3.8, 4) is 0 Å². The number of hydrogen-bond donors (Lipinski definition) is 1. The van der Waals surface area contributed by atoms with Crippen LogP contribution in [0.2, 0.25) is 0 Å². The van der Waals surface area contributed by atoms with Gasteiger partial charge in [-0.1, -0.05) is 15.9 Å². The summed E-state index contributed by atoms with van der Waals surface area (Å²) in [5, 5.41) is 15.1. The van der Waals surface area contributed by atoms with Crippen LogP contribution in [0.15, 0.2) is 57.8 Å². The molecule has 23 heavy (non-hydrogen) atoms. The van der Waals surface area contributed by atoms with Crippen LogP contribution in [0, 0.1) is 10.1 Å². The predicted molar refractivity (Wildman–Crippen MR) is 93.3 cm³/mol. The smallest absolute Gasteiger partial charge is 0.293 e. The highest BCUT2D eigenvalue weighted by molar-refractivity contribution is 9.10. The summed E-state index contributed by atoms with van der Waals surface area (Å²) in [6, 6.07) is 13.3. The fraction of sp³-hybridized carbons (Fsp3) is 0.0625. The average molecular weight is 374 g/mol. The zero-order valence-corrected chi connectivity index (χ0v) is 13.7. The number of halogens is 1. The highest BCUT2D eigenvalue weighted by atomic mass is 79.9. The van der Waals surface area contributed by atoms with Crippen LogP contribution in [-0.4, -0.2) is 9.49 Å². The van der Waals surface area contributed by atoms with Crippen molar-refractivity contribution in [2.75, 3.05) is 5.32 Å². The van der Waals surface area contributed by atoms with Gasteiger partial charge in [0.25, 0.3) is 11.2 Å². The molecule has 0 saturated carbocycles. The van der Waals surface area contributed by atoms with Crippen LogP contribution in [0.4, 0.5) is 17.1 Å². The standard InChI is InChI=1S/C16H12BrN3O3/c1-19-13-7-8-14(20(22)23)16(12(13)6-9-15(19)21)18-11-4-2-10(17)3-5-11/h2-9,18H,1H3. The van der Waals surface area contributed by atoms with Gasteiger partial charge in [0.2, 0.25) is 0 Å². The van der Waals surface area contributed by atoms with E-state index >= 15 is 0 Å². The Balaban J connectivity index is 2.24. The number of hydrogen-bond acceptors (Lipinski definition) is 4. The molecule has 1 N–H and O–H groups in total. The van der Waals surface area contributed by atoms with Gasteiger partial charge in [-0.3, -0.25) is 14.9 Å². The van der Waals surface area contributed by atoms with Gasteiger partial charge in [0.1, 0.15) is 5.69 Å². The second-order valence-corrected chi connectivity index (χ2v) is 5.93. The van der Waals surface area contributed by atoms with Crippen LogP contribution in [-0.2, 0) is 7.05 Å². The summed E-state index contributed by atoms with van der Waals surface area (Å²) in [7, 11) is 1.64. The molecule has 0 saturated heterocycles. The number of aromatic nitrogens is 1. The fourth-order valence-corrected chi connectivity index (χ4v) is 2.67. The van der Waals surface area contributed by atoms with Crippen LogP contribution in [0.1, 0.15) is 0 Å². The summed E-state index contributed by atoms with van der Waals surface area (Å²) in [5.41, 5.74) is 1.51. The molecule has 3 rings (SSSR count). The van der Waals surface area contributed by atoms with E-state index < -0.39 is 4.92 Å². The monoisotopic (exact) mass is 373 g/mol. The number of benzene rings is 2. The van der Waals surface area contributed by atoms with E-state index in [-0.39, 0.29) is 11.2 Å². The summed E-state index contributed by atoms with van der Waals surface area (Å²) in [5.74, 6) is 0. The molecular weight excluding hydrogens is 362 g/mol. The number of nitro benzene ring substituents is 1. The number of pyridine rings is 1. The Hall–Kier alpha value is -2.67. The molecule has 0 atom stereocenters. The van der Waals surface area contributed by atoms with E-state index in [9.17, 15) is 14.9 Å². The van der Waals surface area contributed by atoms with Gasteiger partial charge >= 0.3 is 0 Å². The van der Waals surface area contributed by atoms with E-state index in [0.29, 0.717) is 16.6 Å². The zero-order valence-electron chi connectivity index (χ0n) is 12.1. The van der Waals surface area contributed by atoms with Crippen LogP contribution in [0.5, 0.6) is 0 Å². The molecule has 116 valence electrons. The Morgan fingerprint density at radius 2 is 1.78 bits per heavy atom. The Morgan fingerprint density at radius 3 is 2.43 bits per heavy atom. The van der Waals surface area contributed by atoms with Crippen LogP contribution < -0.4 is 10.9 Å². The molecule has 0 spiro atoms. The molecule has 1 aromatic heterocycles. The minimum absolute atomic E-state index is 0.0425. The molecular formula is C16H12BrN3O3. The van der Waals surface area contributed by atoms with Gasteiger partial charge in [-0.25, -0.2) is 0 Å². The van der Waals surface area contributed by atoms with Crippen molar-refractivity contribution < 1.29 is 4.92 Å². The Morgan fingerprint density at radius 1 is 1.09 bits per heavy atom.